The van der Waals surface area contributed by atoms with Gasteiger partial charge < -0.3 is 14.0 Å². The van der Waals surface area contributed by atoms with Gasteiger partial charge in [0.05, 0.1) is 30.9 Å². The molecule has 7 heteroatoms. The number of benzene rings is 1. The van der Waals surface area contributed by atoms with Crippen molar-refractivity contribution >= 4 is 17.0 Å². The van der Waals surface area contributed by atoms with Gasteiger partial charge in [0.25, 0.3) is 5.56 Å². The summed E-state index contributed by atoms with van der Waals surface area (Å²) in [6, 6.07) is 8.85. The smallest absolute Gasteiger partial charge is 0.362 e. The van der Waals surface area contributed by atoms with Gasteiger partial charge in [0.2, 0.25) is 5.69 Å². The van der Waals surface area contributed by atoms with Crippen molar-refractivity contribution in [2.24, 2.45) is 0 Å². The molecule has 0 N–H and O–H groups in total. The summed E-state index contributed by atoms with van der Waals surface area (Å²) in [6.45, 7) is 3.38. The van der Waals surface area contributed by atoms with Crippen LogP contribution in [0.4, 0.5) is 0 Å². The van der Waals surface area contributed by atoms with Crippen LogP contribution < -0.4 is 5.56 Å². The number of nitrogens with zero attached hydrogens (tertiary/aromatic N) is 3. The second-order valence-electron chi connectivity index (χ2n) is 9.76. The standard InChI is InChI=1S/C26H35N3O4/c1-2-33-26(31)24-25(30)29(23-13-9-8-12-22(23)27-24)19-14-20-16-32-17-21(15-19)28(20)18-10-6-4-3-5-7-11-18/h8-9,12-13,18-21H,2-7,10-11,14-17H2,1H3/t19?,20-,21+. The molecule has 3 aliphatic rings. The summed E-state index contributed by atoms with van der Waals surface area (Å²) in [5, 5.41) is 0. The van der Waals surface area contributed by atoms with E-state index >= 15 is 0 Å². The van der Waals surface area contributed by atoms with Crippen molar-refractivity contribution in [1.82, 2.24) is 14.5 Å². The van der Waals surface area contributed by atoms with Gasteiger partial charge in [0.1, 0.15) is 0 Å². The second-order valence-corrected chi connectivity index (χ2v) is 9.76. The fourth-order valence-electron chi connectivity index (χ4n) is 6.30. The Morgan fingerprint density at radius 3 is 2.36 bits per heavy atom. The number of para-hydroxylation sites is 2. The lowest BCUT2D eigenvalue weighted by molar-refractivity contribution is -0.108. The van der Waals surface area contributed by atoms with Gasteiger partial charge in [-0.3, -0.25) is 9.69 Å². The second kappa shape index (κ2) is 9.94. The summed E-state index contributed by atoms with van der Waals surface area (Å²) in [5.74, 6) is -0.641. The molecule has 1 unspecified atom stereocenters. The lowest BCUT2D eigenvalue weighted by atomic mass is 9.85. The van der Waals surface area contributed by atoms with Gasteiger partial charge in [-0.1, -0.05) is 44.2 Å². The van der Waals surface area contributed by atoms with E-state index in [2.05, 4.69) is 9.88 Å². The predicted octanol–water partition coefficient (Wildman–Crippen LogP) is 4.09. The Hall–Kier alpha value is -2.25. The van der Waals surface area contributed by atoms with Crippen LogP contribution in [0.15, 0.2) is 29.1 Å². The Balaban J connectivity index is 1.49. The number of esters is 1. The molecule has 1 saturated carbocycles. The molecule has 2 bridgehead atoms. The average molecular weight is 454 g/mol. The summed E-state index contributed by atoms with van der Waals surface area (Å²) >= 11 is 0. The minimum atomic E-state index is -0.641. The summed E-state index contributed by atoms with van der Waals surface area (Å²) < 4.78 is 13.0. The summed E-state index contributed by atoms with van der Waals surface area (Å²) in [5.41, 5.74) is 0.998. The van der Waals surface area contributed by atoms with Crippen LogP contribution in [0.25, 0.3) is 11.0 Å². The highest BCUT2D eigenvalue weighted by Crippen LogP contribution is 2.38. The first-order chi connectivity index (χ1) is 16.2. The van der Waals surface area contributed by atoms with Crippen LogP contribution >= 0.6 is 0 Å². The lowest BCUT2D eigenvalue weighted by Crippen LogP contribution is -2.61. The van der Waals surface area contributed by atoms with Crippen LogP contribution in [0.2, 0.25) is 0 Å². The molecular weight excluding hydrogens is 418 g/mol. The highest BCUT2D eigenvalue weighted by Gasteiger charge is 2.43. The maximum absolute atomic E-state index is 13.5. The summed E-state index contributed by atoms with van der Waals surface area (Å²) in [4.78, 5) is 33.2. The molecule has 178 valence electrons. The molecular formula is C26H35N3O4. The van der Waals surface area contributed by atoms with Crippen LogP contribution in [-0.4, -0.2) is 58.4 Å². The number of carbonyl (C=O) groups is 1. The summed E-state index contributed by atoms with van der Waals surface area (Å²) in [6.07, 6.45) is 10.9. The third-order valence-electron chi connectivity index (χ3n) is 7.68. The number of aromatic nitrogens is 2. The highest BCUT2D eigenvalue weighted by molar-refractivity contribution is 5.89. The minimum Gasteiger partial charge on any atom is -0.461 e. The highest BCUT2D eigenvalue weighted by atomic mass is 16.5. The molecule has 7 nitrogen and oxygen atoms in total. The van der Waals surface area contributed by atoms with Crippen LogP contribution in [0, 0.1) is 0 Å². The largest absolute Gasteiger partial charge is 0.461 e. The molecule has 2 saturated heterocycles. The molecule has 3 fully saturated rings. The molecule has 0 spiro atoms. The first-order valence-electron chi connectivity index (χ1n) is 12.7. The zero-order valence-electron chi connectivity index (χ0n) is 19.6. The van der Waals surface area contributed by atoms with E-state index in [1.807, 2.05) is 28.8 Å². The van der Waals surface area contributed by atoms with Gasteiger partial charge in [-0.15, -0.1) is 0 Å². The van der Waals surface area contributed by atoms with Crippen molar-refractivity contribution in [3.8, 4) is 0 Å². The molecule has 2 aromatic rings. The Morgan fingerprint density at radius 1 is 1.00 bits per heavy atom. The van der Waals surface area contributed by atoms with Crippen molar-refractivity contribution in [1.29, 1.82) is 0 Å². The number of ether oxygens (including phenoxy) is 2. The Labute approximate surface area is 195 Å². The van der Waals surface area contributed by atoms with Crippen molar-refractivity contribution in [2.45, 2.75) is 88.9 Å². The van der Waals surface area contributed by atoms with Gasteiger partial charge in [-0.05, 0) is 44.7 Å². The van der Waals surface area contributed by atoms with Crippen molar-refractivity contribution in [2.75, 3.05) is 19.8 Å². The fourth-order valence-corrected chi connectivity index (χ4v) is 6.30. The molecule has 0 radical (unpaired) electrons. The zero-order valence-corrected chi connectivity index (χ0v) is 19.6. The van der Waals surface area contributed by atoms with E-state index in [0.717, 1.165) is 18.4 Å². The van der Waals surface area contributed by atoms with E-state index < -0.39 is 5.97 Å². The molecule has 5 rings (SSSR count). The third kappa shape index (κ3) is 4.45. The van der Waals surface area contributed by atoms with Gasteiger partial charge in [-0.25, -0.2) is 9.78 Å². The van der Waals surface area contributed by atoms with Crippen LogP contribution in [0.5, 0.6) is 0 Å². The Bertz CT molecular complexity index is 1030. The minimum absolute atomic E-state index is 0.0160. The molecule has 3 heterocycles. The van der Waals surface area contributed by atoms with Crippen molar-refractivity contribution in [3.63, 3.8) is 0 Å². The topological polar surface area (TPSA) is 73.7 Å². The molecule has 33 heavy (non-hydrogen) atoms. The number of hydrogen-bond acceptors (Lipinski definition) is 6. The average Bonchev–Trinajstić information content (AvgIpc) is 2.78. The number of carbonyl (C=O) groups excluding carboxylic acids is 1. The quantitative estimate of drug-likeness (QED) is 0.649. The first kappa shape index (κ1) is 22.5. The van der Waals surface area contributed by atoms with Gasteiger partial charge in [-0.2, -0.15) is 0 Å². The molecule has 0 amide bonds. The maximum atomic E-state index is 13.5. The third-order valence-corrected chi connectivity index (χ3v) is 7.68. The lowest BCUT2D eigenvalue weighted by Gasteiger charge is -2.52. The normalized spacial score (nSPS) is 27.1. The van der Waals surface area contributed by atoms with Crippen molar-refractivity contribution < 1.29 is 14.3 Å². The van der Waals surface area contributed by atoms with Gasteiger partial charge in [0, 0.05) is 24.2 Å². The summed E-state index contributed by atoms with van der Waals surface area (Å²) in [7, 11) is 0. The van der Waals surface area contributed by atoms with Crippen LogP contribution in [0.3, 0.4) is 0 Å². The molecule has 1 aromatic heterocycles. The van der Waals surface area contributed by atoms with Crippen LogP contribution in [-0.2, 0) is 9.47 Å². The van der Waals surface area contributed by atoms with E-state index in [9.17, 15) is 9.59 Å². The number of morpholine rings is 1. The first-order valence-corrected chi connectivity index (χ1v) is 12.7. The van der Waals surface area contributed by atoms with Crippen molar-refractivity contribution in [3.05, 3.63) is 40.3 Å². The van der Waals surface area contributed by atoms with Gasteiger partial charge >= 0.3 is 5.97 Å². The predicted molar refractivity (Wildman–Crippen MR) is 127 cm³/mol. The number of hydrogen-bond donors (Lipinski definition) is 0. The number of rotatable bonds is 4. The van der Waals surface area contributed by atoms with E-state index in [-0.39, 0.29) is 23.9 Å². The number of piperidine rings is 1. The molecule has 2 aliphatic heterocycles. The monoisotopic (exact) mass is 453 g/mol. The number of fused-ring (bicyclic) bond motifs is 3. The Kier molecular flexibility index (Phi) is 6.79. The molecule has 1 aromatic carbocycles. The van der Waals surface area contributed by atoms with Crippen LogP contribution in [0.1, 0.15) is 81.2 Å². The molecule has 3 atom stereocenters. The zero-order chi connectivity index (χ0) is 22.8. The Morgan fingerprint density at radius 2 is 1.67 bits per heavy atom. The SMILES string of the molecule is CCOC(=O)c1nc2ccccc2n(C2C[C@H]3COC[C@@H](C2)N3C2CCCCCCC2)c1=O. The van der Waals surface area contributed by atoms with Gasteiger partial charge in [0.15, 0.2) is 0 Å². The fraction of sp³-hybridized carbons (Fsp3) is 0.654. The van der Waals surface area contributed by atoms with E-state index in [4.69, 9.17) is 9.47 Å². The van der Waals surface area contributed by atoms with E-state index in [1.165, 1.54) is 44.9 Å². The van der Waals surface area contributed by atoms with E-state index in [1.54, 1.807) is 6.92 Å². The maximum Gasteiger partial charge on any atom is 0.362 e. The molecule has 1 aliphatic carbocycles. The van der Waals surface area contributed by atoms with E-state index in [0.29, 0.717) is 36.9 Å².